The largest absolute Gasteiger partial charge is 0.472 e. The summed E-state index contributed by atoms with van der Waals surface area (Å²) in [7, 11) is 0. The number of esters is 1. The molecule has 1 aliphatic heterocycles. The normalized spacial score (nSPS) is 15.0. The van der Waals surface area contributed by atoms with Crippen molar-refractivity contribution in [3.05, 3.63) is 59.5 Å². The van der Waals surface area contributed by atoms with Crippen LogP contribution in [0.15, 0.2) is 47.3 Å². The molecule has 0 bridgehead atoms. The number of carbonyl (C=O) groups excluding carboxylic acids is 2. The van der Waals surface area contributed by atoms with E-state index in [1.165, 1.54) is 24.2 Å². The van der Waals surface area contributed by atoms with Crippen molar-refractivity contribution in [1.82, 2.24) is 4.90 Å². The summed E-state index contributed by atoms with van der Waals surface area (Å²) in [6.07, 6.45) is 2.71. The molecule has 2 aromatic rings. The second-order valence-electron chi connectivity index (χ2n) is 5.34. The molecule has 0 saturated heterocycles. The van der Waals surface area contributed by atoms with Gasteiger partial charge in [0.05, 0.1) is 11.8 Å². The van der Waals surface area contributed by atoms with Crippen LogP contribution in [-0.2, 0) is 22.5 Å². The van der Waals surface area contributed by atoms with Crippen molar-refractivity contribution in [3.63, 3.8) is 0 Å². The lowest BCUT2D eigenvalue weighted by Crippen LogP contribution is -2.42. The summed E-state index contributed by atoms with van der Waals surface area (Å²) < 4.78 is 10.0. The average Bonchev–Trinajstić information content (AvgIpc) is 3.08. The van der Waals surface area contributed by atoms with E-state index in [-0.39, 0.29) is 5.91 Å². The van der Waals surface area contributed by atoms with Crippen LogP contribution in [0.1, 0.15) is 28.4 Å². The number of carbonyl (C=O) groups is 2. The third-order valence-electron chi connectivity index (χ3n) is 3.83. The molecule has 1 aliphatic rings. The van der Waals surface area contributed by atoms with Gasteiger partial charge in [-0.3, -0.25) is 4.79 Å². The monoisotopic (exact) mass is 299 g/mol. The topological polar surface area (TPSA) is 59.8 Å². The lowest BCUT2D eigenvalue weighted by atomic mass is 9.99. The zero-order valence-electron chi connectivity index (χ0n) is 12.3. The van der Waals surface area contributed by atoms with Crippen LogP contribution in [0, 0.1) is 0 Å². The van der Waals surface area contributed by atoms with E-state index in [2.05, 4.69) is 6.07 Å². The Bertz CT molecular complexity index is 678. The van der Waals surface area contributed by atoms with Crippen molar-refractivity contribution in [3.8, 4) is 0 Å². The number of benzene rings is 1. The second-order valence-corrected chi connectivity index (χ2v) is 5.34. The minimum atomic E-state index is -0.812. The maximum atomic E-state index is 12.4. The van der Waals surface area contributed by atoms with Crippen LogP contribution in [-0.4, -0.2) is 29.4 Å². The Morgan fingerprint density at radius 3 is 2.73 bits per heavy atom. The molecule has 0 aliphatic carbocycles. The molecule has 0 saturated carbocycles. The first-order valence-electron chi connectivity index (χ1n) is 7.24. The smallest absolute Gasteiger partial charge is 0.342 e. The Kier molecular flexibility index (Phi) is 3.96. The molecular weight excluding hydrogens is 282 g/mol. The first kappa shape index (κ1) is 14.4. The van der Waals surface area contributed by atoms with E-state index in [0.29, 0.717) is 18.7 Å². The maximum Gasteiger partial charge on any atom is 0.342 e. The molecule has 2 heterocycles. The number of amides is 1. The van der Waals surface area contributed by atoms with Crippen molar-refractivity contribution in [2.75, 3.05) is 6.54 Å². The Labute approximate surface area is 128 Å². The number of ether oxygens (including phenoxy) is 1. The van der Waals surface area contributed by atoms with Gasteiger partial charge in [-0.1, -0.05) is 24.3 Å². The van der Waals surface area contributed by atoms with Crippen LogP contribution in [0.2, 0.25) is 0 Å². The molecule has 0 radical (unpaired) electrons. The van der Waals surface area contributed by atoms with E-state index in [4.69, 9.17) is 9.15 Å². The molecule has 114 valence electrons. The zero-order valence-corrected chi connectivity index (χ0v) is 12.3. The van der Waals surface area contributed by atoms with Crippen molar-refractivity contribution in [1.29, 1.82) is 0 Å². The van der Waals surface area contributed by atoms with Crippen molar-refractivity contribution in [2.24, 2.45) is 0 Å². The summed E-state index contributed by atoms with van der Waals surface area (Å²) in [6.45, 7) is 2.80. The molecule has 0 spiro atoms. The SMILES string of the molecule is C[C@H](OC(=O)c1ccoc1)C(=O)N1CCc2ccccc2C1. The van der Waals surface area contributed by atoms with Gasteiger partial charge in [-0.15, -0.1) is 0 Å². The van der Waals surface area contributed by atoms with Crippen LogP contribution in [0.25, 0.3) is 0 Å². The third kappa shape index (κ3) is 2.88. The standard InChI is InChI=1S/C17H17NO4/c1-12(22-17(20)15-7-9-21-11-15)16(19)18-8-6-13-4-2-3-5-14(13)10-18/h2-5,7,9,11-12H,6,8,10H2,1H3/t12-/m0/s1. The predicted molar refractivity (Wildman–Crippen MR) is 79.1 cm³/mol. The molecule has 3 rings (SSSR count). The molecule has 5 heteroatoms. The third-order valence-corrected chi connectivity index (χ3v) is 3.83. The molecule has 0 N–H and O–H groups in total. The fourth-order valence-corrected chi connectivity index (χ4v) is 2.60. The van der Waals surface area contributed by atoms with Gasteiger partial charge >= 0.3 is 5.97 Å². The van der Waals surface area contributed by atoms with Gasteiger partial charge in [0.25, 0.3) is 5.91 Å². The average molecular weight is 299 g/mol. The summed E-state index contributed by atoms with van der Waals surface area (Å²) in [5.41, 5.74) is 2.73. The summed E-state index contributed by atoms with van der Waals surface area (Å²) in [4.78, 5) is 26.0. The molecule has 1 atom stereocenters. The van der Waals surface area contributed by atoms with Crippen molar-refractivity contribution >= 4 is 11.9 Å². The lowest BCUT2D eigenvalue weighted by Gasteiger charge is -2.30. The molecule has 1 aromatic heterocycles. The minimum Gasteiger partial charge on any atom is -0.472 e. The van der Waals surface area contributed by atoms with E-state index >= 15 is 0 Å². The number of fused-ring (bicyclic) bond motifs is 1. The van der Waals surface area contributed by atoms with Gasteiger partial charge in [0.1, 0.15) is 6.26 Å². The fraction of sp³-hybridized carbons (Fsp3) is 0.294. The highest BCUT2D eigenvalue weighted by atomic mass is 16.5. The van der Waals surface area contributed by atoms with Gasteiger partial charge in [-0.25, -0.2) is 4.79 Å². The highest BCUT2D eigenvalue weighted by molar-refractivity contribution is 5.91. The molecule has 22 heavy (non-hydrogen) atoms. The van der Waals surface area contributed by atoms with Crippen LogP contribution in [0.4, 0.5) is 0 Å². The van der Waals surface area contributed by atoms with E-state index < -0.39 is 12.1 Å². The van der Waals surface area contributed by atoms with Gasteiger partial charge in [0, 0.05) is 13.1 Å². The van der Waals surface area contributed by atoms with E-state index in [0.717, 1.165) is 12.0 Å². The minimum absolute atomic E-state index is 0.175. The Balaban J connectivity index is 1.63. The van der Waals surface area contributed by atoms with E-state index in [9.17, 15) is 9.59 Å². The highest BCUT2D eigenvalue weighted by Crippen LogP contribution is 2.19. The van der Waals surface area contributed by atoms with Gasteiger partial charge in [-0.05, 0) is 30.5 Å². The maximum absolute atomic E-state index is 12.4. The van der Waals surface area contributed by atoms with Crippen molar-refractivity contribution < 1.29 is 18.7 Å². The number of nitrogens with zero attached hydrogens (tertiary/aromatic N) is 1. The number of rotatable bonds is 3. The highest BCUT2D eigenvalue weighted by Gasteiger charge is 2.27. The quantitative estimate of drug-likeness (QED) is 0.817. The molecular formula is C17H17NO4. The summed E-state index contributed by atoms with van der Waals surface area (Å²) >= 11 is 0. The molecule has 0 unspecified atom stereocenters. The molecule has 0 fully saturated rings. The van der Waals surface area contributed by atoms with Gasteiger partial charge in [0.2, 0.25) is 0 Å². The summed E-state index contributed by atoms with van der Waals surface area (Å²) in [6, 6.07) is 9.59. The zero-order chi connectivity index (χ0) is 15.5. The number of hydrogen-bond acceptors (Lipinski definition) is 4. The van der Waals surface area contributed by atoms with Crippen molar-refractivity contribution in [2.45, 2.75) is 26.0 Å². The van der Waals surface area contributed by atoms with Gasteiger partial charge in [0.15, 0.2) is 6.10 Å². The number of furan rings is 1. The van der Waals surface area contributed by atoms with Crippen LogP contribution in [0.3, 0.4) is 0 Å². The lowest BCUT2D eigenvalue weighted by molar-refractivity contribution is -0.140. The van der Waals surface area contributed by atoms with Crippen LogP contribution in [0.5, 0.6) is 0 Å². The first-order chi connectivity index (χ1) is 10.6. The Hall–Kier alpha value is -2.56. The van der Waals surface area contributed by atoms with E-state index in [1.54, 1.807) is 11.8 Å². The summed E-state index contributed by atoms with van der Waals surface area (Å²) in [5.74, 6) is -0.724. The Morgan fingerprint density at radius 2 is 2.00 bits per heavy atom. The molecule has 1 aromatic carbocycles. The summed E-state index contributed by atoms with van der Waals surface area (Å²) in [5, 5.41) is 0. The first-order valence-corrected chi connectivity index (χ1v) is 7.24. The predicted octanol–water partition coefficient (Wildman–Crippen LogP) is 2.41. The Morgan fingerprint density at radius 1 is 1.23 bits per heavy atom. The molecule has 1 amide bonds. The fourth-order valence-electron chi connectivity index (χ4n) is 2.60. The van der Waals surface area contributed by atoms with Crippen LogP contribution < -0.4 is 0 Å². The second kappa shape index (κ2) is 6.05. The van der Waals surface area contributed by atoms with Gasteiger partial charge in [-0.2, -0.15) is 0 Å². The number of hydrogen-bond donors (Lipinski definition) is 0. The van der Waals surface area contributed by atoms with Crippen LogP contribution >= 0.6 is 0 Å². The molecule has 5 nitrogen and oxygen atoms in total. The van der Waals surface area contributed by atoms with Gasteiger partial charge < -0.3 is 14.1 Å². The van der Waals surface area contributed by atoms with E-state index in [1.807, 2.05) is 18.2 Å².